The molecule has 1 aromatic heterocycles. The van der Waals surface area contributed by atoms with Gasteiger partial charge in [0.15, 0.2) is 10.6 Å². The number of nitriles is 1. The van der Waals surface area contributed by atoms with E-state index in [2.05, 4.69) is 5.32 Å². The summed E-state index contributed by atoms with van der Waals surface area (Å²) in [5, 5.41) is 20.6. The van der Waals surface area contributed by atoms with Crippen LogP contribution >= 0.6 is 22.9 Å². The molecule has 0 bridgehead atoms. The van der Waals surface area contributed by atoms with Crippen LogP contribution < -0.4 is 5.32 Å². The monoisotopic (exact) mass is 459 g/mol. The molecule has 3 rings (SSSR count). The van der Waals surface area contributed by atoms with Gasteiger partial charge in [0.05, 0.1) is 27.1 Å². The molecule has 2 heterocycles. The molecular formula is C19H17ClF3N3OS2. The van der Waals surface area contributed by atoms with E-state index in [1.54, 1.807) is 32.9 Å². The summed E-state index contributed by atoms with van der Waals surface area (Å²) in [6.07, 6.45) is -4.65. The van der Waals surface area contributed by atoms with E-state index in [0.717, 1.165) is 12.1 Å². The normalized spacial score (nSPS) is 24.1. The summed E-state index contributed by atoms with van der Waals surface area (Å²) in [7, 11) is 0. The summed E-state index contributed by atoms with van der Waals surface area (Å²) < 4.78 is 51.7. The van der Waals surface area contributed by atoms with E-state index in [-0.39, 0.29) is 17.2 Å². The van der Waals surface area contributed by atoms with Gasteiger partial charge in [0, 0.05) is 4.88 Å². The molecule has 1 aliphatic heterocycles. The zero-order chi connectivity index (χ0) is 21.8. The van der Waals surface area contributed by atoms with Crippen LogP contribution in [0, 0.1) is 16.7 Å². The minimum Gasteiger partial charge on any atom is -0.616 e. The molecule has 1 unspecified atom stereocenters. The fourth-order valence-corrected chi connectivity index (χ4v) is 6.17. The molecule has 1 fully saturated rings. The van der Waals surface area contributed by atoms with Crippen molar-refractivity contribution < 1.29 is 17.7 Å². The van der Waals surface area contributed by atoms with Crippen molar-refractivity contribution in [1.29, 1.82) is 10.7 Å². The van der Waals surface area contributed by atoms with Crippen LogP contribution in [-0.4, -0.2) is 20.9 Å². The molecule has 2 aromatic rings. The first kappa shape index (κ1) is 22.0. The standard InChI is InChI=1S/C19H17ClF3N3OS2/c1-17(2)16(25)26-18(3,9-29(17)27)15-13(20)7-14(28-15)10-4-5-11(8-24)12(6-10)19(21,22)23/h4-7H,9H2,1-3H3,(H2,25,26)/t18-,29?/m0/s1. The van der Waals surface area contributed by atoms with E-state index in [0.29, 0.717) is 14.8 Å². The highest BCUT2D eigenvalue weighted by atomic mass is 35.5. The van der Waals surface area contributed by atoms with Gasteiger partial charge in [-0.1, -0.05) is 17.7 Å². The van der Waals surface area contributed by atoms with E-state index in [1.165, 1.54) is 17.4 Å². The number of halogens is 4. The van der Waals surface area contributed by atoms with Crippen LogP contribution in [0.1, 0.15) is 36.8 Å². The number of hydrogen-bond donors (Lipinski definition) is 2. The molecule has 1 aliphatic rings. The summed E-state index contributed by atoms with van der Waals surface area (Å²) in [5.41, 5.74) is -2.05. The minimum atomic E-state index is -4.65. The Hall–Kier alpha value is -1.73. The number of alkyl halides is 3. The lowest BCUT2D eigenvalue weighted by atomic mass is 9.99. The van der Waals surface area contributed by atoms with Gasteiger partial charge in [-0.3, -0.25) is 5.41 Å². The zero-order valence-corrected chi connectivity index (χ0v) is 18.1. The molecule has 2 atom stereocenters. The molecule has 0 saturated carbocycles. The molecule has 0 spiro atoms. The maximum Gasteiger partial charge on any atom is 0.417 e. The summed E-state index contributed by atoms with van der Waals surface area (Å²) >= 11 is 6.24. The van der Waals surface area contributed by atoms with Crippen LogP contribution in [0.4, 0.5) is 13.2 Å². The molecule has 1 saturated heterocycles. The number of rotatable bonds is 2. The fraction of sp³-hybridized carbons (Fsp3) is 0.368. The van der Waals surface area contributed by atoms with Gasteiger partial charge in [-0.05, 0) is 55.7 Å². The lowest BCUT2D eigenvalue weighted by Gasteiger charge is -2.43. The molecule has 2 N–H and O–H groups in total. The van der Waals surface area contributed by atoms with E-state index in [1.807, 2.05) is 0 Å². The number of nitrogens with one attached hydrogen (secondary N) is 2. The van der Waals surface area contributed by atoms with Crippen LogP contribution in [0.3, 0.4) is 0 Å². The molecule has 154 valence electrons. The zero-order valence-electron chi connectivity index (χ0n) is 15.7. The van der Waals surface area contributed by atoms with E-state index in [9.17, 15) is 17.7 Å². The van der Waals surface area contributed by atoms with Gasteiger partial charge < -0.3 is 9.87 Å². The molecule has 0 radical (unpaired) electrons. The van der Waals surface area contributed by atoms with Crippen LogP contribution in [0.2, 0.25) is 5.02 Å². The van der Waals surface area contributed by atoms with Crippen LogP contribution in [-0.2, 0) is 22.9 Å². The van der Waals surface area contributed by atoms with E-state index < -0.39 is 38.8 Å². The van der Waals surface area contributed by atoms with Gasteiger partial charge in [0.2, 0.25) is 0 Å². The van der Waals surface area contributed by atoms with Gasteiger partial charge in [-0.25, -0.2) is 0 Å². The van der Waals surface area contributed by atoms with Crippen molar-refractivity contribution >= 4 is 39.9 Å². The molecule has 0 aliphatic carbocycles. The quantitative estimate of drug-likeness (QED) is 0.599. The molecule has 29 heavy (non-hydrogen) atoms. The average molecular weight is 460 g/mol. The van der Waals surface area contributed by atoms with Crippen molar-refractivity contribution in [3.8, 4) is 16.5 Å². The third-order valence-corrected chi connectivity index (χ3v) is 8.95. The van der Waals surface area contributed by atoms with Crippen molar-refractivity contribution in [3.05, 3.63) is 45.3 Å². The highest BCUT2D eigenvalue weighted by molar-refractivity contribution is 7.93. The van der Waals surface area contributed by atoms with E-state index in [4.69, 9.17) is 22.3 Å². The van der Waals surface area contributed by atoms with Gasteiger partial charge in [-0.2, -0.15) is 18.4 Å². The molecular weight excluding hydrogens is 443 g/mol. The Morgan fingerprint density at radius 2 is 1.97 bits per heavy atom. The second kappa shape index (κ2) is 7.20. The largest absolute Gasteiger partial charge is 0.616 e. The van der Waals surface area contributed by atoms with Crippen molar-refractivity contribution in [2.45, 2.75) is 37.2 Å². The smallest absolute Gasteiger partial charge is 0.417 e. The fourth-order valence-electron chi connectivity index (χ4n) is 3.06. The third-order valence-electron chi connectivity index (χ3n) is 4.91. The number of benzene rings is 1. The first-order valence-electron chi connectivity index (χ1n) is 8.47. The van der Waals surface area contributed by atoms with Crippen LogP contribution in [0.15, 0.2) is 24.3 Å². The Morgan fingerprint density at radius 3 is 2.52 bits per heavy atom. The van der Waals surface area contributed by atoms with Crippen molar-refractivity contribution in [1.82, 2.24) is 5.32 Å². The average Bonchev–Trinajstić information content (AvgIpc) is 3.01. The highest BCUT2D eigenvalue weighted by Crippen LogP contribution is 2.44. The maximum absolute atomic E-state index is 13.3. The predicted octanol–water partition coefficient (Wildman–Crippen LogP) is 5.28. The SMILES string of the molecule is CC1(C)C(=N)N[C@](C)(c2sc(-c3ccc(C#N)c(C(F)(F)F)c3)cc2Cl)C[S+]1[O-]. The first-order chi connectivity index (χ1) is 13.3. The Kier molecular flexibility index (Phi) is 5.45. The van der Waals surface area contributed by atoms with Crippen molar-refractivity contribution in [2.75, 3.05) is 5.75 Å². The van der Waals surface area contributed by atoms with Gasteiger partial charge in [-0.15, -0.1) is 11.3 Å². The topological polar surface area (TPSA) is 82.7 Å². The molecule has 1 aromatic carbocycles. The summed E-state index contributed by atoms with van der Waals surface area (Å²) in [6.45, 7) is 5.21. The Bertz CT molecular complexity index is 1030. The van der Waals surface area contributed by atoms with Crippen LogP contribution in [0.5, 0.6) is 0 Å². The Labute approximate surface area is 178 Å². The Balaban J connectivity index is 2.04. The second-order valence-corrected chi connectivity index (χ2v) is 10.9. The summed E-state index contributed by atoms with van der Waals surface area (Å²) in [6, 6.07) is 6.64. The molecule has 0 amide bonds. The number of nitrogens with zero attached hydrogens (tertiary/aromatic N) is 1. The van der Waals surface area contributed by atoms with Crippen molar-refractivity contribution in [3.63, 3.8) is 0 Å². The van der Waals surface area contributed by atoms with Gasteiger partial charge in [0.25, 0.3) is 0 Å². The number of hydrogen-bond acceptors (Lipinski definition) is 4. The van der Waals surface area contributed by atoms with Crippen molar-refractivity contribution in [2.24, 2.45) is 0 Å². The predicted molar refractivity (Wildman–Crippen MR) is 110 cm³/mol. The van der Waals surface area contributed by atoms with Gasteiger partial charge >= 0.3 is 6.18 Å². The second-order valence-electron chi connectivity index (χ2n) is 7.49. The van der Waals surface area contributed by atoms with E-state index >= 15 is 0 Å². The molecule has 10 heteroatoms. The highest BCUT2D eigenvalue weighted by Gasteiger charge is 2.51. The first-order valence-corrected chi connectivity index (χ1v) is 11.0. The molecule has 4 nitrogen and oxygen atoms in total. The maximum atomic E-state index is 13.3. The number of thiophene rings is 1. The summed E-state index contributed by atoms with van der Waals surface area (Å²) in [5.74, 6) is 0.330. The Morgan fingerprint density at radius 1 is 1.31 bits per heavy atom. The van der Waals surface area contributed by atoms with Crippen LogP contribution in [0.25, 0.3) is 10.4 Å². The lowest BCUT2D eigenvalue weighted by Crippen LogP contribution is -2.63. The van der Waals surface area contributed by atoms with Gasteiger partial charge in [0.1, 0.15) is 11.3 Å². The lowest BCUT2D eigenvalue weighted by molar-refractivity contribution is -0.137. The third kappa shape index (κ3) is 3.87. The number of amidine groups is 1. The minimum absolute atomic E-state index is 0.119. The summed E-state index contributed by atoms with van der Waals surface area (Å²) in [4.78, 5) is 1.09.